The Hall–Kier alpha value is -6.06. The second kappa shape index (κ2) is 12.4. The van der Waals surface area contributed by atoms with Gasteiger partial charge in [-0.15, -0.1) is 0 Å². The van der Waals surface area contributed by atoms with E-state index in [0.717, 1.165) is 37.1 Å². The maximum absolute atomic E-state index is 2.53. The van der Waals surface area contributed by atoms with Crippen LogP contribution >= 0.6 is 0 Å². The molecule has 246 valence electrons. The Balaban J connectivity index is 1.11. The fraction of sp³-hybridized carbons (Fsp3) is 0.125. The van der Waals surface area contributed by atoms with Gasteiger partial charge >= 0.3 is 0 Å². The van der Waals surface area contributed by atoms with Crippen LogP contribution in [-0.4, -0.2) is 9.13 Å². The van der Waals surface area contributed by atoms with Gasteiger partial charge in [0.2, 0.25) is 0 Å². The number of rotatable bonds is 6. The molecule has 2 atom stereocenters. The normalized spacial score (nSPS) is 18.8. The molecule has 51 heavy (non-hydrogen) atoms. The van der Waals surface area contributed by atoms with E-state index in [1.165, 1.54) is 60.6 Å². The van der Waals surface area contributed by atoms with E-state index < -0.39 is 0 Å². The van der Waals surface area contributed by atoms with Crippen LogP contribution in [0, 0.1) is 5.92 Å². The maximum atomic E-state index is 2.53. The molecule has 2 aromatic heterocycles. The first-order valence-corrected chi connectivity index (χ1v) is 18.3. The number of anilines is 2. The van der Waals surface area contributed by atoms with Crippen molar-refractivity contribution in [3.8, 4) is 0 Å². The van der Waals surface area contributed by atoms with Crippen LogP contribution in [0.25, 0.3) is 49.3 Å². The van der Waals surface area contributed by atoms with Crippen molar-refractivity contribution >= 4 is 60.7 Å². The molecule has 3 nitrogen and oxygen atoms in total. The van der Waals surface area contributed by atoms with Crippen LogP contribution in [-0.2, 0) is 0 Å². The zero-order chi connectivity index (χ0) is 33.7. The molecule has 0 aliphatic heterocycles. The van der Waals surface area contributed by atoms with Gasteiger partial charge in [-0.3, -0.25) is 0 Å². The van der Waals surface area contributed by atoms with Crippen molar-refractivity contribution in [2.75, 3.05) is 4.90 Å². The number of hydrogen-bond donors (Lipinski definition) is 0. The van der Waals surface area contributed by atoms with Gasteiger partial charge in [-0.05, 0) is 91.9 Å². The third-order valence-corrected chi connectivity index (χ3v) is 11.0. The Morgan fingerprint density at radius 2 is 1.22 bits per heavy atom. The molecule has 0 spiro atoms. The minimum Gasteiger partial charge on any atom is -0.333 e. The molecule has 0 fully saturated rings. The van der Waals surface area contributed by atoms with Crippen LogP contribution in [0.3, 0.4) is 0 Å². The predicted octanol–water partition coefficient (Wildman–Crippen LogP) is 12.8. The molecule has 0 bridgehead atoms. The Morgan fingerprint density at radius 3 is 1.92 bits per heavy atom. The standard InChI is InChI=1S/C48H39N3/c1-3-14-34(15-4-1)35-26-28-37(29-27-35)50-45-23-10-9-22-43(45)44-31-30-40(33-48(44)50)49(36-16-5-2-6-17-36)38-18-13-19-39(32-38)51-46-24-11-7-20-41(46)42-21-8-12-25-47(42)51/h2-3,5-18,20-26,28-33,35,39H,1,4,19,27H2. The number of allylic oxidation sites excluding steroid dienone is 11. The highest BCUT2D eigenvalue weighted by molar-refractivity contribution is 6.11. The highest BCUT2D eigenvalue weighted by Crippen LogP contribution is 2.41. The summed E-state index contributed by atoms with van der Waals surface area (Å²) in [6.07, 6.45) is 25.6. The first kappa shape index (κ1) is 29.8. The van der Waals surface area contributed by atoms with Gasteiger partial charge in [0.25, 0.3) is 0 Å². The van der Waals surface area contributed by atoms with Crippen LogP contribution in [0.2, 0.25) is 0 Å². The van der Waals surface area contributed by atoms with E-state index in [4.69, 9.17) is 0 Å². The minimum absolute atomic E-state index is 0.177. The van der Waals surface area contributed by atoms with Crippen molar-refractivity contribution in [3.63, 3.8) is 0 Å². The Labute approximate surface area is 298 Å². The van der Waals surface area contributed by atoms with Crippen molar-refractivity contribution in [2.45, 2.75) is 31.7 Å². The fourth-order valence-electron chi connectivity index (χ4n) is 8.62. The first-order valence-electron chi connectivity index (χ1n) is 18.3. The molecule has 0 saturated carbocycles. The maximum Gasteiger partial charge on any atom is 0.0580 e. The molecule has 7 aromatic rings. The number of aromatic nitrogens is 2. The molecule has 2 unspecified atom stereocenters. The summed E-state index contributed by atoms with van der Waals surface area (Å²) in [5, 5.41) is 5.16. The Bertz CT molecular complexity index is 2600. The monoisotopic (exact) mass is 657 g/mol. The SMILES string of the molecule is C1=CC(C2C=CC(n3c4ccccc4c4ccc(N(C5=CC(n6c7ccccc7c7ccccc76)CC=C5)c5ccccc5)cc43)=CC2)=CCC1. The molecular formula is C48H39N3. The number of nitrogens with zero attached hydrogens (tertiary/aromatic N) is 3. The molecular weight excluding hydrogens is 619 g/mol. The molecule has 0 saturated heterocycles. The highest BCUT2D eigenvalue weighted by Gasteiger charge is 2.24. The summed E-state index contributed by atoms with van der Waals surface area (Å²) in [5.41, 5.74) is 11.2. The summed E-state index contributed by atoms with van der Waals surface area (Å²) in [6, 6.07) is 44.5. The largest absolute Gasteiger partial charge is 0.333 e. The third-order valence-electron chi connectivity index (χ3n) is 11.0. The van der Waals surface area contributed by atoms with E-state index in [-0.39, 0.29) is 6.04 Å². The van der Waals surface area contributed by atoms with Crippen molar-refractivity contribution in [1.29, 1.82) is 0 Å². The lowest BCUT2D eigenvalue weighted by Gasteiger charge is -2.30. The van der Waals surface area contributed by atoms with E-state index in [1.54, 1.807) is 0 Å². The zero-order valence-corrected chi connectivity index (χ0v) is 28.6. The smallest absolute Gasteiger partial charge is 0.0580 e. The van der Waals surface area contributed by atoms with Crippen LogP contribution in [0.5, 0.6) is 0 Å². The van der Waals surface area contributed by atoms with Gasteiger partial charge in [0.05, 0.1) is 17.1 Å². The quantitative estimate of drug-likeness (QED) is 0.173. The lowest BCUT2D eigenvalue weighted by Crippen LogP contribution is -2.19. The van der Waals surface area contributed by atoms with Gasteiger partial charge in [-0.2, -0.15) is 0 Å². The molecule has 3 aliphatic carbocycles. The second-order valence-corrected chi connectivity index (χ2v) is 13.9. The van der Waals surface area contributed by atoms with E-state index in [1.807, 2.05) is 0 Å². The van der Waals surface area contributed by atoms with Crippen molar-refractivity contribution in [2.24, 2.45) is 5.92 Å². The van der Waals surface area contributed by atoms with Crippen molar-refractivity contribution in [3.05, 3.63) is 187 Å². The lowest BCUT2D eigenvalue weighted by molar-refractivity contribution is 0.641. The van der Waals surface area contributed by atoms with Crippen LogP contribution in [0.15, 0.2) is 187 Å². The summed E-state index contributed by atoms with van der Waals surface area (Å²) in [5.74, 6) is 0.440. The van der Waals surface area contributed by atoms with E-state index in [2.05, 4.69) is 190 Å². The zero-order valence-electron chi connectivity index (χ0n) is 28.6. The van der Waals surface area contributed by atoms with Crippen molar-refractivity contribution < 1.29 is 0 Å². The summed E-state index contributed by atoms with van der Waals surface area (Å²) in [6.45, 7) is 0. The molecule has 0 radical (unpaired) electrons. The van der Waals surface area contributed by atoms with Crippen LogP contribution in [0.1, 0.15) is 31.7 Å². The average Bonchev–Trinajstić information content (AvgIpc) is 3.72. The Morgan fingerprint density at radius 1 is 0.529 bits per heavy atom. The van der Waals surface area contributed by atoms with E-state index in [9.17, 15) is 0 Å². The molecule has 10 rings (SSSR count). The van der Waals surface area contributed by atoms with E-state index in [0.29, 0.717) is 5.92 Å². The van der Waals surface area contributed by atoms with Crippen LogP contribution < -0.4 is 4.90 Å². The molecule has 5 aromatic carbocycles. The second-order valence-electron chi connectivity index (χ2n) is 13.9. The van der Waals surface area contributed by atoms with Gasteiger partial charge in [0, 0.05) is 61.3 Å². The summed E-state index contributed by atoms with van der Waals surface area (Å²) in [7, 11) is 0. The number of benzene rings is 5. The topological polar surface area (TPSA) is 13.1 Å². The van der Waals surface area contributed by atoms with Gasteiger partial charge in [-0.1, -0.05) is 115 Å². The van der Waals surface area contributed by atoms with Crippen molar-refractivity contribution in [1.82, 2.24) is 9.13 Å². The molecule has 0 amide bonds. The first-order chi connectivity index (χ1) is 25.3. The lowest BCUT2D eigenvalue weighted by atomic mass is 9.88. The molecule has 3 aliphatic rings. The summed E-state index contributed by atoms with van der Waals surface area (Å²) in [4.78, 5) is 2.43. The third kappa shape index (κ3) is 5.03. The molecule has 2 heterocycles. The Kier molecular flexibility index (Phi) is 7.23. The van der Waals surface area contributed by atoms with Gasteiger partial charge in [-0.25, -0.2) is 0 Å². The molecule has 0 N–H and O–H groups in total. The van der Waals surface area contributed by atoms with Gasteiger partial charge in [0.15, 0.2) is 0 Å². The summed E-state index contributed by atoms with van der Waals surface area (Å²) < 4.78 is 5.01. The highest BCUT2D eigenvalue weighted by atomic mass is 15.2. The minimum atomic E-state index is 0.177. The number of hydrogen-bond acceptors (Lipinski definition) is 1. The van der Waals surface area contributed by atoms with Gasteiger partial charge < -0.3 is 14.0 Å². The number of fused-ring (bicyclic) bond motifs is 6. The summed E-state index contributed by atoms with van der Waals surface area (Å²) >= 11 is 0. The average molecular weight is 658 g/mol. The van der Waals surface area contributed by atoms with Crippen LogP contribution in [0.4, 0.5) is 11.4 Å². The number of para-hydroxylation sites is 4. The fourth-order valence-corrected chi connectivity index (χ4v) is 8.62. The molecule has 3 heteroatoms. The van der Waals surface area contributed by atoms with Gasteiger partial charge in [0.1, 0.15) is 0 Å². The predicted molar refractivity (Wildman–Crippen MR) is 216 cm³/mol. The van der Waals surface area contributed by atoms with E-state index >= 15 is 0 Å².